The normalized spacial score (nSPS) is 24.0. The summed E-state index contributed by atoms with van der Waals surface area (Å²) in [7, 11) is 0. The number of halogens is 1. The van der Waals surface area contributed by atoms with E-state index in [4.69, 9.17) is 17.3 Å². The lowest BCUT2D eigenvalue weighted by atomic mass is 9.89. The summed E-state index contributed by atoms with van der Waals surface area (Å²) in [5, 5.41) is 9.89. The van der Waals surface area contributed by atoms with Crippen molar-refractivity contribution in [1.82, 2.24) is 4.90 Å². The molecule has 1 aliphatic rings. The zero-order chi connectivity index (χ0) is 14.2. The van der Waals surface area contributed by atoms with Crippen molar-refractivity contribution >= 4 is 23.3 Å². The number of nitrogens with two attached hydrogens (primary N) is 1. The number of nitrogen functional groups attached to an aromatic ring is 1. The minimum absolute atomic E-state index is 0.0283. The molecule has 1 heterocycles. The van der Waals surface area contributed by atoms with Gasteiger partial charge >= 0.3 is 5.97 Å². The van der Waals surface area contributed by atoms with Gasteiger partial charge in [0, 0.05) is 25.0 Å². The van der Waals surface area contributed by atoms with E-state index in [9.17, 15) is 9.90 Å². The van der Waals surface area contributed by atoms with Crippen LogP contribution in [-0.4, -0.2) is 35.1 Å². The van der Waals surface area contributed by atoms with Crippen LogP contribution in [0.15, 0.2) is 18.2 Å². The largest absolute Gasteiger partial charge is 0.481 e. The molecule has 5 heteroatoms. The molecular weight excluding hydrogens is 264 g/mol. The van der Waals surface area contributed by atoms with Crippen LogP contribution in [0.1, 0.15) is 25.3 Å². The Bertz CT molecular complexity index is 490. The van der Waals surface area contributed by atoms with Crippen molar-refractivity contribution in [3.63, 3.8) is 0 Å². The fourth-order valence-corrected chi connectivity index (χ4v) is 2.75. The average molecular weight is 283 g/mol. The lowest BCUT2D eigenvalue weighted by Crippen LogP contribution is -2.29. The summed E-state index contributed by atoms with van der Waals surface area (Å²) < 4.78 is 0. The van der Waals surface area contributed by atoms with Crippen LogP contribution < -0.4 is 5.73 Å². The van der Waals surface area contributed by atoms with Gasteiger partial charge in [-0.25, -0.2) is 0 Å². The standard InChI is InChI=1S/C14H19ClN2O2/c1-8(2)17-6-10(11(7-17)14(18)19)9-3-4-12(15)13(16)5-9/h3-5,8,10-11H,6-7,16H2,1-2H3,(H,18,19). The molecule has 1 aromatic rings. The maximum absolute atomic E-state index is 11.4. The summed E-state index contributed by atoms with van der Waals surface area (Å²) in [4.78, 5) is 13.6. The first-order chi connectivity index (χ1) is 8.90. The highest BCUT2D eigenvalue weighted by Gasteiger charge is 2.39. The zero-order valence-electron chi connectivity index (χ0n) is 11.1. The number of aliphatic carboxylic acids is 1. The van der Waals surface area contributed by atoms with Crippen LogP contribution in [0.25, 0.3) is 0 Å². The number of carboxylic acids is 1. The van der Waals surface area contributed by atoms with Crippen LogP contribution in [0, 0.1) is 5.92 Å². The molecule has 2 rings (SSSR count). The topological polar surface area (TPSA) is 66.6 Å². The van der Waals surface area contributed by atoms with Crippen LogP contribution in [0.4, 0.5) is 5.69 Å². The molecule has 104 valence electrons. The molecule has 0 aliphatic carbocycles. The number of hydrogen-bond donors (Lipinski definition) is 2. The number of carboxylic acid groups (broad SMARTS) is 1. The van der Waals surface area contributed by atoms with Gasteiger partial charge < -0.3 is 10.8 Å². The second kappa shape index (κ2) is 5.39. The maximum atomic E-state index is 11.4. The van der Waals surface area contributed by atoms with Crippen molar-refractivity contribution < 1.29 is 9.90 Å². The number of rotatable bonds is 3. The van der Waals surface area contributed by atoms with Crippen molar-refractivity contribution in [1.29, 1.82) is 0 Å². The molecule has 1 aliphatic heterocycles. The average Bonchev–Trinajstić information content (AvgIpc) is 2.78. The number of carbonyl (C=O) groups is 1. The Kier molecular flexibility index (Phi) is 4.02. The molecule has 3 N–H and O–H groups in total. The van der Waals surface area contributed by atoms with Crippen molar-refractivity contribution in [2.45, 2.75) is 25.8 Å². The molecule has 0 radical (unpaired) electrons. The molecule has 0 bridgehead atoms. The van der Waals surface area contributed by atoms with Gasteiger partial charge in [0.2, 0.25) is 0 Å². The Morgan fingerprint density at radius 3 is 2.68 bits per heavy atom. The fourth-order valence-electron chi connectivity index (χ4n) is 2.64. The lowest BCUT2D eigenvalue weighted by molar-refractivity contribution is -0.141. The Balaban J connectivity index is 2.30. The summed E-state index contributed by atoms with van der Waals surface area (Å²) in [5.41, 5.74) is 7.27. The third-order valence-electron chi connectivity index (χ3n) is 3.84. The molecule has 1 saturated heterocycles. The Hall–Kier alpha value is -1.26. The monoisotopic (exact) mass is 282 g/mol. The molecule has 1 fully saturated rings. The van der Waals surface area contributed by atoms with Gasteiger partial charge in [0.25, 0.3) is 0 Å². The Morgan fingerprint density at radius 1 is 1.47 bits per heavy atom. The Morgan fingerprint density at radius 2 is 2.16 bits per heavy atom. The third-order valence-corrected chi connectivity index (χ3v) is 4.19. The number of likely N-dealkylation sites (tertiary alicyclic amines) is 1. The van der Waals surface area contributed by atoms with Crippen LogP contribution in [0.3, 0.4) is 0 Å². The van der Waals surface area contributed by atoms with Gasteiger partial charge in [-0.2, -0.15) is 0 Å². The third kappa shape index (κ3) is 2.85. The highest BCUT2D eigenvalue weighted by atomic mass is 35.5. The molecule has 0 aromatic heterocycles. The highest BCUT2D eigenvalue weighted by molar-refractivity contribution is 6.33. The van der Waals surface area contributed by atoms with Crippen molar-refractivity contribution in [3.8, 4) is 0 Å². The van der Waals surface area contributed by atoms with Crippen LogP contribution in [-0.2, 0) is 4.79 Å². The number of hydrogen-bond acceptors (Lipinski definition) is 3. The summed E-state index contributed by atoms with van der Waals surface area (Å²) in [5.74, 6) is -1.16. The van der Waals surface area contributed by atoms with E-state index in [0.29, 0.717) is 23.3 Å². The molecule has 4 nitrogen and oxygen atoms in total. The van der Waals surface area contributed by atoms with Crippen molar-refractivity contribution in [2.24, 2.45) is 5.92 Å². The lowest BCUT2D eigenvalue weighted by Gasteiger charge is -2.20. The summed E-state index contributed by atoms with van der Waals surface area (Å²) in [6.07, 6.45) is 0. The molecule has 19 heavy (non-hydrogen) atoms. The van der Waals surface area contributed by atoms with Crippen LogP contribution in [0.5, 0.6) is 0 Å². The molecule has 2 unspecified atom stereocenters. The molecule has 2 atom stereocenters. The number of anilines is 1. The molecular formula is C14H19ClN2O2. The number of nitrogens with zero attached hydrogens (tertiary/aromatic N) is 1. The van der Waals surface area contributed by atoms with E-state index < -0.39 is 5.97 Å². The smallest absolute Gasteiger partial charge is 0.308 e. The van der Waals surface area contributed by atoms with E-state index in [-0.39, 0.29) is 11.8 Å². The molecule has 0 saturated carbocycles. The first-order valence-corrected chi connectivity index (χ1v) is 6.79. The first kappa shape index (κ1) is 14.2. The number of benzene rings is 1. The van der Waals surface area contributed by atoms with Gasteiger partial charge in [-0.15, -0.1) is 0 Å². The zero-order valence-corrected chi connectivity index (χ0v) is 11.9. The van der Waals surface area contributed by atoms with E-state index in [0.717, 1.165) is 12.1 Å². The van der Waals surface area contributed by atoms with Gasteiger partial charge in [0.05, 0.1) is 16.6 Å². The summed E-state index contributed by atoms with van der Waals surface area (Å²) in [6, 6.07) is 5.76. The molecule has 0 spiro atoms. The van der Waals surface area contributed by atoms with E-state index in [2.05, 4.69) is 18.7 Å². The maximum Gasteiger partial charge on any atom is 0.308 e. The van der Waals surface area contributed by atoms with Gasteiger partial charge in [0.1, 0.15) is 0 Å². The molecule has 0 amide bonds. The van der Waals surface area contributed by atoms with Crippen molar-refractivity contribution in [2.75, 3.05) is 18.8 Å². The second-order valence-electron chi connectivity index (χ2n) is 5.38. The summed E-state index contributed by atoms with van der Waals surface area (Å²) in [6.45, 7) is 5.49. The summed E-state index contributed by atoms with van der Waals surface area (Å²) >= 11 is 5.91. The van der Waals surface area contributed by atoms with Crippen LogP contribution in [0.2, 0.25) is 5.02 Å². The predicted molar refractivity (Wildman–Crippen MR) is 76.4 cm³/mol. The van der Waals surface area contributed by atoms with Crippen LogP contribution >= 0.6 is 11.6 Å². The van der Waals surface area contributed by atoms with Gasteiger partial charge in [0.15, 0.2) is 0 Å². The first-order valence-electron chi connectivity index (χ1n) is 6.42. The minimum atomic E-state index is -0.748. The van der Waals surface area contributed by atoms with E-state index >= 15 is 0 Å². The van der Waals surface area contributed by atoms with E-state index in [1.165, 1.54) is 0 Å². The molecule has 1 aromatic carbocycles. The van der Waals surface area contributed by atoms with Gasteiger partial charge in [-0.1, -0.05) is 17.7 Å². The van der Waals surface area contributed by atoms with E-state index in [1.54, 1.807) is 12.1 Å². The van der Waals surface area contributed by atoms with Gasteiger partial charge in [-0.05, 0) is 31.5 Å². The SMILES string of the molecule is CC(C)N1CC(C(=O)O)C(c2ccc(Cl)c(N)c2)C1. The minimum Gasteiger partial charge on any atom is -0.481 e. The van der Waals surface area contributed by atoms with Gasteiger partial charge in [-0.3, -0.25) is 9.69 Å². The second-order valence-corrected chi connectivity index (χ2v) is 5.79. The van der Waals surface area contributed by atoms with E-state index in [1.807, 2.05) is 6.07 Å². The Labute approximate surface area is 118 Å². The highest BCUT2D eigenvalue weighted by Crippen LogP contribution is 2.35. The quantitative estimate of drug-likeness (QED) is 0.836. The van der Waals surface area contributed by atoms with Crippen molar-refractivity contribution in [3.05, 3.63) is 28.8 Å². The fraction of sp³-hybridized carbons (Fsp3) is 0.500. The predicted octanol–water partition coefficient (Wildman–Crippen LogP) is 2.43.